The number of nitrogens with one attached hydrogen (secondary N) is 1. The van der Waals surface area contributed by atoms with Gasteiger partial charge in [-0.1, -0.05) is 6.07 Å². The SMILES string of the molecule is NCc1ccc(C2=NN=CC3CCC4NC(=O)CC4CCC23)nc1. The zero-order valence-electron chi connectivity index (χ0n) is 13.7. The van der Waals surface area contributed by atoms with Crippen LogP contribution in [0.4, 0.5) is 0 Å². The van der Waals surface area contributed by atoms with E-state index in [2.05, 4.69) is 20.5 Å². The lowest BCUT2D eigenvalue weighted by Crippen LogP contribution is -2.36. The minimum absolute atomic E-state index is 0.205. The van der Waals surface area contributed by atoms with Gasteiger partial charge in [0.15, 0.2) is 0 Å². The molecule has 1 aromatic heterocycles. The van der Waals surface area contributed by atoms with E-state index in [1.54, 1.807) is 0 Å². The predicted molar refractivity (Wildman–Crippen MR) is 92.6 cm³/mol. The molecule has 4 unspecified atom stereocenters. The summed E-state index contributed by atoms with van der Waals surface area (Å²) in [5.41, 5.74) is 8.56. The van der Waals surface area contributed by atoms with Crippen LogP contribution < -0.4 is 11.1 Å². The number of carbonyl (C=O) groups excluding carboxylic acids is 1. The fraction of sp³-hybridized carbons (Fsp3) is 0.556. The van der Waals surface area contributed by atoms with Crippen molar-refractivity contribution < 1.29 is 4.79 Å². The predicted octanol–water partition coefficient (Wildman–Crippen LogP) is 1.64. The van der Waals surface area contributed by atoms with E-state index in [1.165, 1.54) is 0 Å². The molecule has 4 rings (SSSR count). The zero-order chi connectivity index (χ0) is 16.5. The first kappa shape index (κ1) is 15.4. The van der Waals surface area contributed by atoms with Crippen LogP contribution in [0.3, 0.4) is 0 Å². The number of amides is 1. The van der Waals surface area contributed by atoms with Gasteiger partial charge in [0.1, 0.15) is 0 Å². The summed E-state index contributed by atoms with van der Waals surface area (Å²) in [7, 11) is 0. The quantitative estimate of drug-likeness (QED) is 0.865. The Bertz CT molecular complexity index is 681. The third-order valence-electron chi connectivity index (χ3n) is 5.64. The van der Waals surface area contributed by atoms with Crippen LogP contribution in [0, 0.1) is 17.8 Å². The first-order chi connectivity index (χ1) is 11.7. The molecule has 2 fully saturated rings. The lowest BCUT2D eigenvalue weighted by molar-refractivity contribution is -0.119. The molecule has 6 heteroatoms. The van der Waals surface area contributed by atoms with Crippen molar-refractivity contribution in [1.82, 2.24) is 10.3 Å². The normalized spacial score (nSPS) is 32.2. The highest BCUT2D eigenvalue weighted by atomic mass is 16.2. The molecular weight excluding hydrogens is 302 g/mol. The Balaban J connectivity index is 1.57. The maximum Gasteiger partial charge on any atom is 0.220 e. The highest BCUT2D eigenvalue weighted by Crippen LogP contribution is 2.36. The van der Waals surface area contributed by atoms with E-state index in [-0.39, 0.29) is 5.91 Å². The molecule has 3 heterocycles. The van der Waals surface area contributed by atoms with Gasteiger partial charge in [-0.15, -0.1) is 0 Å². The molecular formula is C18H23N5O. The summed E-state index contributed by atoms with van der Waals surface area (Å²) in [6.07, 6.45) is 8.63. The summed E-state index contributed by atoms with van der Waals surface area (Å²) < 4.78 is 0. The van der Waals surface area contributed by atoms with Gasteiger partial charge >= 0.3 is 0 Å². The second-order valence-electron chi connectivity index (χ2n) is 7.07. The summed E-state index contributed by atoms with van der Waals surface area (Å²) in [5, 5.41) is 11.8. The van der Waals surface area contributed by atoms with Crippen molar-refractivity contribution in [3.8, 4) is 0 Å². The molecule has 1 saturated carbocycles. The van der Waals surface area contributed by atoms with Crippen LogP contribution in [0.1, 0.15) is 43.4 Å². The Morgan fingerprint density at radius 2 is 2.12 bits per heavy atom. The van der Waals surface area contributed by atoms with Crippen LogP contribution in [0.25, 0.3) is 0 Å². The molecule has 0 aromatic carbocycles. The molecule has 1 aromatic rings. The first-order valence-corrected chi connectivity index (χ1v) is 8.80. The number of pyridine rings is 1. The number of nitrogens with two attached hydrogens (primary N) is 1. The van der Waals surface area contributed by atoms with Gasteiger partial charge < -0.3 is 11.1 Å². The molecule has 3 aliphatic rings. The number of nitrogens with zero attached hydrogens (tertiary/aromatic N) is 3. The van der Waals surface area contributed by atoms with E-state index >= 15 is 0 Å². The summed E-state index contributed by atoms with van der Waals surface area (Å²) in [5.74, 6) is 1.39. The lowest BCUT2D eigenvalue weighted by Gasteiger charge is -2.32. The Labute approximate surface area is 141 Å². The van der Waals surface area contributed by atoms with Crippen molar-refractivity contribution in [2.75, 3.05) is 0 Å². The first-order valence-electron chi connectivity index (χ1n) is 8.80. The molecule has 1 amide bonds. The standard InChI is InChI=1S/C18H23N5O/c19-8-11-1-5-16(20-9-11)18-14-4-2-12-7-17(24)22-15(12)6-3-13(14)10-21-23-18/h1,5,9-10,12-15H,2-4,6-8,19H2,(H,22,24). The lowest BCUT2D eigenvalue weighted by atomic mass is 9.74. The summed E-state index contributed by atoms with van der Waals surface area (Å²) in [6, 6.07) is 4.36. The van der Waals surface area contributed by atoms with E-state index in [9.17, 15) is 4.79 Å². The average Bonchev–Trinajstić information content (AvgIpc) is 2.95. The van der Waals surface area contributed by atoms with Gasteiger partial charge in [-0.25, -0.2) is 0 Å². The Morgan fingerprint density at radius 3 is 2.92 bits per heavy atom. The molecule has 1 aliphatic carbocycles. The molecule has 126 valence electrons. The molecule has 0 bridgehead atoms. The third kappa shape index (κ3) is 2.86. The second-order valence-corrected chi connectivity index (χ2v) is 7.07. The largest absolute Gasteiger partial charge is 0.353 e. The molecule has 24 heavy (non-hydrogen) atoms. The van der Waals surface area contributed by atoms with Crippen LogP contribution >= 0.6 is 0 Å². The van der Waals surface area contributed by atoms with E-state index < -0.39 is 0 Å². The van der Waals surface area contributed by atoms with Gasteiger partial charge in [-0.05, 0) is 43.2 Å². The van der Waals surface area contributed by atoms with Crippen LogP contribution in [0.15, 0.2) is 28.5 Å². The highest BCUT2D eigenvalue weighted by Gasteiger charge is 2.38. The number of carbonyl (C=O) groups is 1. The smallest absolute Gasteiger partial charge is 0.220 e. The minimum atomic E-state index is 0.205. The molecule has 3 N–H and O–H groups in total. The molecule has 1 saturated heterocycles. The van der Waals surface area contributed by atoms with Crippen LogP contribution in [0.2, 0.25) is 0 Å². The number of rotatable bonds is 2. The van der Waals surface area contributed by atoms with Crippen LogP contribution in [-0.4, -0.2) is 28.9 Å². The molecule has 0 spiro atoms. The summed E-state index contributed by atoms with van der Waals surface area (Å²) >= 11 is 0. The fourth-order valence-corrected chi connectivity index (χ4v) is 4.27. The maximum atomic E-state index is 11.7. The Hall–Kier alpha value is -2.08. The van der Waals surface area contributed by atoms with Gasteiger partial charge in [0.2, 0.25) is 5.91 Å². The molecule has 4 atom stereocenters. The van der Waals surface area contributed by atoms with E-state index in [0.29, 0.717) is 36.8 Å². The number of hydrogen-bond donors (Lipinski definition) is 2. The van der Waals surface area contributed by atoms with Crippen molar-refractivity contribution in [2.45, 2.75) is 44.7 Å². The van der Waals surface area contributed by atoms with E-state index in [1.807, 2.05) is 24.5 Å². The van der Waals surface area contributed by atoms with Gasteiger partial charge in [-0.2, -0.15) is 10.2 Å². The fourth-order valence-electron chi connectivity index (χ4n) is 4.27. The molecule has 2 aliphatic heterocycles. The van der Waals surface area contributed by atoms with Crippen LogP contribution in [0.5, 0.6) is 0 Å². The number of aromatic nitrogens is 1. The monoisotopic (exact) mass is 325 g/mol. The average molecular weight is 325 g/mol. The highest BCUT2D eigenvalue weighted by molar-refractivity contribution is 6.03. The van der Waals surface area contributed by atoms with Crippen molar-refractivity contribution in [3.05, 3.63) is 29.6 Å². The van der Waals surface area contributed by atoms with Crippen LogP contribution in [-0.2, 0) is 11.3 Å². The maximum absolute atomic E-state index is 11.7. The van der Waals surface area contributed by atoms with E-state index in [4.69, 9.17) is 5.73 Å². The molecule has 0 radical (unpaired) electrons. The summed E-state index contributed by atoms with van der Waals surface area (Å²) in [4.78, 5) is 16.3. The van der Waals surface area contributed by atoms with Gasteiger partial charge in [0, 0.05) is 43.3 Å². The van der Waals surface area contributed by atoms with Crippen molar-refractivity contribution in [2.24, 2.45) is 33.7 Å². The van der Waals surface area contributed by atoms with E-state index in [0.717, 1.165) is 42.7 Å². The minimum Gasteiger partial charge on any atom is -0.353 e. The Kier molecular flexibility index (Phi) is 4.14. The van der Waals surface area contributed by atoms with Gasteiger partial charge in [-0.3, -0.25) is 9.78 Å². The third-order valence-corrected chi connectivity index (χ3v) is 5.64. The topological polar surface area (TPSA) is 92.7 Å². The van der Waals surface area contributed by atoms with Crippen molar-refractivity contribution >= 4 is 17.8 Å². The van der Waals surface area contributed by atoms with Crippen molar-refractivity contribution in [3.63, 3.8) is 0 Å². The Morgan fingerprint density at radius 1 is 1.21 bits per heavy atom. The van der Waals surface area contributed by atoms with Gasteiger partial charge in [0.25, 0.3) is 0 Å². The number of hydrogen-bond acceptors (Lipinski definition) is 5. The molecule has 6 nitrogen and oxygen atoms in total. The van der Waals surface area contributed by atoms with Crippen molar-refractivity contribution in [1.29, 1.82) is 0 Å². The second kappa shape index (κ2) is 6.43. The zero-order valence-corrected chi connectivity index (χ0v) is 13.7. The summed E-state index contributed by atoms with van der Waals surface area (Å²) in [6.45, 7) is 0.494. The van der Waals surface area contributed by atoms with Gasteiger partial charge in [0.05, 0.1) is 11.4 Å². The number of fused-ring (bicyclic) bond motifs is 2.